The molecule has 0 aliphatic heterocycles. The zero-order chi connectivity index (χ0) is 28.0. The van der Waals surface area contributed by atoms with Gasteiger partial charge in [0.15, 0.2) is 0 Å². The molecule has 0 bridgehead atoms. The molecule has 0 radical (unpaired) electrons. The van der Waals surface area contributed by atoms with Crippen molar-refractivity contribution in [1.82, 2.24) is 5.32 Å². The topological polar surface area (TPSA) is 84.9 Å². The monoisotopic (exact) mass is 558 g/mol. The minimum atomic E-state index is -4.07. The van der Waals surface area contributed by atoms with E-state index in [9.17, 15) is 13.2 Å². The van der Waals surface area contributed by atoms with Crippen molar-refractivity contribution in [3.05, 3.63) is 82.4 Å². The molecule has 0 saturated heterocycles. The Kier molecular flexibility index (Phi) is 9.68. The Balaban J connectivity index is 1.92. The number of nitrogens with one attached hydrogen (secondary N) is 1. The van der Waals surface area contributed by atoms with Gasteiger partial charge < -0.3 is 14.8 Å². The summed E-state index contributed by atoms with van der Waals surface area (Å²) in [7, 11) is -2.43. The first-order valence-electron chi connectivity index (χ1n) is 12.5. The van der Waals surface area contributed by atoms with Crippen molar-refractivity contribution in [3.8, 4) is 11.5 Å². The fourth-order valence-electron chi connectivity index (χ4n) is 4.23. The molecule has 3 aromatic carbocycles. The van der Waals surface area contributed by atoms with E-state index in [0.717, 1.165) is 26.7 Å². The number of halogens is 1. The van der Waals surface area contributed by atoms with Gasteiger partial charge in [0, 0.05) is 5.02 Å². The Bertz CT molecular complexity index is 1360. The first kappa shape index (κ1) is 29.3. The Labute approximate surface area is 230 Å². The summed E-state index contributed by atoms with van der Waals surface area (Å²) in [4.78, 5) is 13.3. The molecule has 0 saturated carbocycles. The predicted molar refractivity (Wildman–Crippen MR) is 152 cm³/mol. The zero-order valence-corrected chi connectivity index (χ0v) is 24.2. The molecule has 1 N–H and O–H groups in total. The number of benzene rings is 3. The second kappa shape index (κ2) is 12.5. The highest BCUT2D eigenvalue weighted by molar-refractivity contribution is 7.92. The highest BCUT2D eigenvalue weighted by Gasteiger charge is 2.28. The lowest BCUT2D eigenvalue weighted by Gasteiger charge is -2.26. The largest absolute Gasteiger partial charge is 0.496 e. The van der Waals surface area contributed by atoms with Crippen LogP contribution in [0.5, 0.6) is 11.5 Å². The molecular weight excluding hydrogens is 524 g/mol. The number of rotatable bonds is 11. The van der Waals surface area contributed by atoms with E-state index in [1.165, 1.54) is 24.3 Å². The lowest BCUT2D eigenvalue weighted by atomic mass is 9.93. The normalized spacial score (nSPS) is 12.2. The van der Waals surface area contributed by atoms with Crippen molar-refractivity contribution in [3.63, 3.8) is 0 Å². The molecule has 204 valence electrons. The van der Waals surface area contributed by atoms with E-state index in [4.69, 9.17) is 21.1 Å². The molecule has 38 heavy (non-hydrogen) atoms. The van der Waals surface area contributed by atoms with Gasteiger partial charge in [0.05, 0.1) is 30.3 Å². The van der Waals surface area contributed by atoms with Gasteiger partial charge in [0.2, 0.25) is 5.91 Å². The fourth-order valence-corrected chi connectivity index (χ4v) is 5.78. The summed E-state index contributed by atoms with van der Waals surface area (Å²) >= 11 is 5.97. The van der Waals surface area contributed by atoms with Crippen LogP contribution in [0.4, 0.5) is 5.69 Å². The van der Waals surface area contributed by atoms with Gasteiger partial charge in [-0.05, 0) is 104 Å². The van der Waals surface area contributed by atoms with Crippen molar-refractivity contribution in [2.75, 3.05) is 24.6 Å². The van der Waals surface area contributed by atoms with Gasteiger partial charge in [0.25, 0.3) is 10.0 Å². The van der Waals surface area contributed by atoms with E-state index >= 15 is 0 Å². The SMILES string of the molecule is CCOc1ccc(N(CC(=O)NC(C)c2cc(C(C)C)c(OC)cc2C)S(=O)(=O)c2ccc(Cl)cc2)cc1. The first-order chi connectivity index (χ1) is 18.0. The number of hydrogen-bond donors (Lipinski definition) is 1. The smallest absolute Gasteiger partial charge is 0.264 e. The summed E-state index contributed by atoms with van der Waals surface area (Å²) in [6.07, 6.45) is 0. The predicted octanol–water partition coefficient (Wildman–Crippen LogP) is 6.25. The minimum absolute atomic E-state index is 0.0317. The number of methoxy groups -OCH3 is 1. The molecule has 1 atom stereocenters. The standard InChI is InChI=1S/C29H35ClN2O5S/c1-7-37-24-12-10-23(11-13-24)32(38(34,35)25-14-8-22(30)9-15-25)18-29(33)31-21(5)27-17-26(19(2)3)28(36-6)16-20(27)4/h8-17,19,21H,7,18H2,1-6H3,(H,31,33). The molecule has 0 heterocycles. The quantitative estimate of drug-likeness (QED) is 0.300. The van der Waals surface area contributed by atoms with E-state index in [1.54, 1.807) is 31.4 Å². The highest BCUT2D eigenvalue weighted by atomic mass is 35.5. The van der Waals surface area contributed by atoms with E-state index in [0.29, 0.717) is 23.1 Å². The van der Waals surface area contributed by atoms with Crippen LogP contribution in [0.3, 0.4) is 0 Å². The average molecular weight is 559 g/mol. The third kappa shape index (κ3) is 6.79. The number of carbonyl (C=O) groups is 1. The van der Waals surface area contributed by atoms with Crippen LogP contribution in [0.1, 0.15) is 56.3 Å². The first-order valence-corrected chi connectivity index (χ1v) is 14.3. The minimum Gasteiger partial charge on any atom is -0.496 e. The molecular formula is C29H35ClN2O5S. The summed E-state index contributed by atoms with van der Waals surface area (Å²) in [6.45, 7) is 9.94. The summed E-state index contributed by atoms with van der Waals surface area (Å²) in [5, 5.41) is 3.39. The van der Waals surface area contributed by atoms with Crippen molar-refractivity contribution in [2.24, 2.45) is 0 Å². The van der Waals surface area contributed by atoms with E-state index < -0.39 is 22.5 Å². The van der Waals surface area contributed by atoms with Crippen molar-refractivity contribution < 1.29 is 22.7 Å². The van der Waals surface area contributed by atoms with Crippen LogP contribution < -0.4 is 19.1 Å². The summed E-state index contributed by atoms with van der Waals surface area (Å²) in [6, 6.07) is 16.1. The number of aryl methyl sites for hydroxylation is 1. The van der Waals surface area contributed by atoms with E-state index in [1.807, 2.05) is 32.9 Å². The lowest BCUT2D eigenvalue weighted by molar-refractivity contribution is -0.120. The molecule has 0 aliphatic rings. The highest BCUT2D eigenvalue weighted by Crippen LogP contribution is 2.32. The van der Waals surface area contributed by atoms with Crippen LogP contribution in [0.2, 0.25) is 5.02 Å². The van der Waals surface area contributed by atoms with Gasteiger partial charge in [-0.2, -0.15) is 0 Å². The molecule has 3 rings (SSSR count). The Hall–Kier alpha value is -3.23. The Morgan fingerprint density at radius 1 is 1.00 bits per heavy atom. The van der Waals surface area contributed by atoms with Gasteiger partial charge in [0.1, 0.15) is 18.0 Å². The van der Waals surface area contributed by atoms with E-state index in [2.05, 4.69) is 19.2 Å². The van der Waals surface area contributed by atoms with Crippen molar-refractivity contribution in [1.29, 1.82) is 0 Å². The van der Waals surface area contributed by atoms with E-state index in [-0.39, 0.29) is 16.9 Å². The maximum Gasteiger partial charge on any atom is 0.264 e. The number of anilines is 1. The number of amides is 1. The number of hydrogen-bond acceptors (Lipinski definition) is 5. The number of carbonyl (C=O) groups excluding carboxylic acids is 1. The maximum absolute atomic E-state index is 13.6. The van der Waals surface area contributed by atoms with Crippen molar-refractivity contribution in [2.45, 2.75) is 51.5 Å². The lowest BCUT2D eigenvalue weighted by Crippen LogP contribution is -2.41. The third-order valence-electron chi connectivity index (χ3n) is 6.21. The third-order valence-corrected chi connectivity index (χ3v) is 8.25. The molecule has 0 aromatic heterocycles. The number of ether oxygens (including phenoxy) is 2. The molecule has 1 amide bonds. The summed E-state index contributed by atoms with van der Waals surface area (Å²) < 4.78 is 39.4. The second-order valence-corrected chi connectivity index (χ2v) is 11.6. The molecule has 9 heteroatoms. The second-order valence-electron chi connectivity index (χ2n) is 9.29. The maximum atomic E-state index is 13.6. The van der Waals surface area contributed by atoms with Gasteiger partial charge in [-0.15, -0.1) is 0 Å². The summed E-state index contributed by atoms with van der Waals surface area (Å²) in [5.41, 5.74) is 3.29. The molecule has 0 fully saturated rings. The van der Waals surface area contributed by atoms with Gasteiger partial charge in [-0.1, -0.05) is 25.4 Å². The number of sulfonamides is 1. The molecule has 0 aliphatic carbocycles. The molecule has 7 nitrogen and oxygen atoms in total. The Morgan fingerprint density at radius 2 is 1.63 bits per heavy atom. The number of nitrogens with zero attached hydrogens (tertiary/aromatic N) is 1. The van der Waals surface area contributed by atoms with Crippen LogP contribution in [0, 0.1) is 6.92 Å². The van der Waals surface area contributed by atoms with Crippen LogP contribution in [-0.4, -0.2) is 34.6 Å². The van der Waals surface area contributed by atoms with Crippen molar-refractivity contribution >= 4 is 33.2 Å². The van der Waals surface area contributed by atoms with Gasteiger partial charge >= 0.3 is 0 Å². The van der Waals surface area contributed by atoms with Crippen LogP contribution in [-0.2, 0) is 14.8 Å². The molecule has 0 spiro atoms. The zero-order valence-electron chi connectivity index (χ0n) is 22.6. The summed E-state index contributed by atoms with van der Waals surface area (Å²) in [5.74, 6) is 1.20. The van der Waals surface area contributed by atoms with Gasteiger partial charge in [-0.3, -0.25) is 9.10 Å². The molecule has 1 unspecified atom stereocenters. The van der Waals surface area contributed by atoms with Gasteiger partial charge in [-0.25, -0.2) is 8.42 Å². The average Bonchev–Trinajstić information content (AvgIpc) is 2.87. The van der Waals surface area contributed by atoms with Crippen LogP contribution in [0.15, 0.2) is 65.6 Å². The Morgan fingerprint density at radius 3 is 2.18 bits per heavy atom. The fraction of sp³-hybridized carbons (Fsp3) is 0.345. The molecule has 3 aromatic rings. The van der Waals surface area contributed by atoms with Crippen LogP contribution in [0.25, 0.3) is 0 Å². The van der Waals surface area contributed by atoms with Crippen LogP contribution >= 0.6 is 11.6 Å².